The molecule has 0 saturated carbocycles. The van der Waals surface area contributed by atoms with E-state index in [2.05, 4.69) is 27.0 Å². The number of aromatic amines is 1. The highest BCUT2D eigenvalue weighted by molar-refractivity contribution is 5.43. The fourth-order valence-electron chi connectivity index (χ4n) is 3.82. The topological polar surface area (TPSA) is 73.8 Å². The van der Waals surface area contributed by atoms with Crippen molar-refractivity contribution in [3.63, 3.8) is 0 Å². The van der Waals surface area contributed by atoms with Crippen LogP contribution in [0.5, 0.6) is 11.5 Å². The number of aromatic nitrogens is 2. The molecular formula is C22H34N4O3. The zero-order chi connectivity index (χ0) is 20.5. The molecule has 0 spiro atoms. The van der Waals surface area contributed by atoms with E-state index >= 15 is 0 Å². The molecule has 1 saturated heterocycles. The van der Waals surface area contributed by atoms with Gasteiger partial charge in [0.2, 0.25) is 0 Å². The van der Waals surface area contributed by atoms with Crippen LogP contribution in [0.3, 0.4) is 0 Å². The second kappa shape index (κ2) is 11.2. The van der Waals surface area contributed by atoms with Gasteiger partial charge in [-0.15, -0.1) is 0 Å². The van der Waals surface area contributed by atoms with E-state index in [1.165, 1.54) is 25.7 Å². The van der Waals surface area contributed by atoms with E-state index in [-0.39, 0.29) is 6.61 Å². The zero-order valence-electron chi connectivity index (χ0n) is 17.6. The van der Waals surface area contributed by atoms with Crippen molar-refractivity contribution in [2.24, 2.45) is 0 Å². The Kier molecular flexibility index (Phi) is 8.34. The van der Waals surface area contributed by atoms with E-state index < -0.39 is 6.10 Å². The van der Waals surface area contributed by atoms with Crippen LogP contribution >= 0.6 is 0 Å². The molecule has 7 heteroatoms. The van der Waals surface area contributed by atoms with Crippen molar-refractivity contribution < 1.29 is 14.6 Å². The van der Waals surface area contributed by atoms with Crippen LogP contribution in [-0.4, -0.2) is 71.6 Å². The predicted molar refractivity (Wildman–Crippen MR) is 113 cm³/mol. The monoisotopic (exact) mass is 402 g/mol. The summed E-state index contributed by atoms with van der Waals surface area (Å²) >= 11 is 0. The van der Waals surface area contributed by atoms with E-state index in [0.29, 0.717) is 18.0 Å². The molecule has 2 N–H and O–H groups in total. The fourth-order valence-corrected chi connectivity index (χ4v) is 3.82. The first-order valence-corrected chi connectivity index (χ1v) is 10.5. The highest BCUT2D eigenvalue weighted by Crippen LogP contribution is 2.29. The van der Waals surface area contributed by atoms with Crippen LogP contribution in [0.15, 0.2) is 30.5 Å². The third kappa shape index (κ3) is 7.03. The molecule has 0 unspecified atom stereocenters. The number of H-pyrrole nitrogens is 1. The first-order valence-electron chi connectivity index (χ1n) is 10.5. The second-order valence-electron chi connectivity index (χ2n) is 7.92. The molecule has 1 fully saturated rings. The predicted octanol–water partition coefficient (Wildman–Crippen LogP) is 2.67. The number of hydrogen-bond acceptors (Lipinski definition) is 6. The molecule has 0 bridgehead atoms. The molecule has 1 aliphatic rings. The van der Waals surface area contributed by atoms with E-state index in [4.69, 9.17) is 9.47 Å². The van der Waals surface area contributed by atoms with Crippen LogP contribution in [-0.2, 0) is 13.1 Å². The molecule has 1 aromatic carbocycles. The Morgan fingerprint density at radius 2 is 1.93 bits per heavy atom. The zero-order valence-corrected chi connectivity index (χ0v) is 17.6. The number of nitrogens with zero attached hydrogens (tertiary/aromatic N) is 3. The van der Waals surface area contributed by atoms with E-state index in [0.717, 1.165) is 37.4 Å². The Morgan fingerprint density at radius 3 is 2.62 bits per heavy atom. The average molecular weight is 403 g/mol. The van der Waals surface area contributed by atoms with E-state index in [1.807, 2.05) is 24.3 Å². The van der Waals surface area contributed by atoms with Gasteiger partial charge < -0.3 is 19.5 Å². The van der Waals surface area contributed by atoms with Gasteiger partial charge in [-0.1, -0.05) is 18.9 Å². The number of aliphatic hydroxyl groups is 1. The molecule has 0 radical (unpaired) electrons. The lowest BCUT2D eigenvalue weighted by atomic mass is 10.2. The highest BCUT2D eigenvalue weighted by Gasteiger charge is 2.15. The molecule has 1 atom stereocenters. The summed E-state index contributed by atoms with van der Waals surface area (Å²) in [5, 5.41) is 17.4. The van der Waals surface area contributed by atoms with Gasteiger partial charge >= 0.3 is 0 Å². The summed E-state index contributed by atoms with van der Waals surface area (Å²) in [6, 6.07) is 7.95. The van der Waals surface area contributed by atoms with Crippen molar-refractivity contribution in [2.75, 3.05) is 40.4 Å². The van der Waals surface area contributed by atoms with Gasteiger partial charge in [-0.25, -0.2) is 0 Å². The van der Waals surface area contributed by atoms with Gasteiger partial charge in [0, 0.05) is 31.5 Å². The Morgan fingerprint density at radius 1 is 1.14 bits per heavy atom. The van der Waals surface area contributed by atoms with Crippen LogP contribution in [0, 0.1) is 0 Å². The van der Waals surface area contributed by atoms with Crippen molar-refractivity contribution >= 4 is 0 Å². The van der Waals surface area contributed by atoms with E-state index in [9.17, 15) is 5.11 Å². The van der Waals surface area contributed by atoms with Crippen molar-refractivity contribution in [3.8, 4) is 11.5 Å². The number of likely N-dealkylation sites (tertiary alicyclic amines) is 1. The highest BCUT2D eigenvalue weighted by atomic mass is 16.5. The molecular weight excluding hydrogens is 368 g/mol. The summed E-state index contributed by atoms with van der Waals surface area (Å²) in [4.78, 5) is 4.55. The lowest BCUT2D eigenvalue weighted by Gasteiger charge is -2.23. The SMILES string of the molecule is COc1cc(CN(C)Cc2ccn[nH]2)ccc1OC[C@@H](O)CN1CCCCCC1. The molecule has 1 aromatic heterocycles. The lowest BCUT2D eigenvalue weighted by molar-refractivity contribution is 0.0683. The van der Waals surface area contributed by atoms with Gasteiger partial charge in [0.05, 0.1) is 7.11 Å². The maximum atomic E-state index is 10.4. The summed E-state index contributed by atoms with van der Waals surface area (Å²) in [5.74, 6) is 1.36. The van der Waals surface area contributed by atoms with Crippen LogP contribution in [0.25, 0.3) is 0 Å². The first-order chi connectivity index (χ1) is 14.1. The van der Waals surface area contributed by atoms with Gasteiger partial charge in [0.15, 0.2) is 11.5 Å². The van der Waals surface area contributed by atoms with Gasteiger partial charge in [-0.3, -0.25) is 10.00 Å². The minimum absolute atomic E-state index is 0.270. The van der Waals surface area contributed by atoms with Crippen molar-refractivity contribution in [1.82, 2.24) is 20.0 Å². The second-order valence-corrected chi connectivity index (χ2v) is 7.92. The number of rotatable bonds is 10. The standard InChI is InChI=1S/C22H34N4O3/c1-25(15-19-9-10-23-24-19)14-18-7-8-21(22(13-18)28-2)29-17-20(27)16-26-11-5-3-4-6-12-26/h7-10,13,20,27H,3-6,11-12,14-17H2,1-2H3,(H,23,24)/t20-/m0/s1. The summed E-state index contributed by atoms with van der Waals surface area (Å²) in [5.41, 5.74) is 2.22. The van der Waals surface area contributed by atoms with Crippen molar-refractivity contribution in [2.45, 2.75) is 44.9 Å². The average Bonchev–Trinajstić information content (AvgIpc) is 3.08. The summed E-state index contributed by atoms with van der Waals surface area (Å²) in [7, 11) is 3.71. The van der Waals surface area contributed by atoms with Gasteiger partial charge in [0.25, 0.3) is 0 Å². The summed E-state index contributed by atoms with van der Waals surface area (Å²) < 4.78 is 11.4. The third-order valence-electron chi connectivity index (χ3n) is 5.28. The molecule has 7 nitrogen and oxygen atoms in total. The molecule has 29 heavy (non-hydrogen) atoms. The minimum Gasteiger partial charge on any atom is -0.493 e. The number of benzene rings is 1. The number of aliphatic hydroxyl groups excluding tert-OH is 1. The molecule has 1 aliphatic heterocycles. The number of β-amino-alcohol motifs (C(OH)–C–C–N with tert-alkyl or cyclic N) is 1. The van der Waals surface area contributed by atoms with Crippen LogP contribution < -0.4 is 9.47 Å². The molecule has 3 rings (SSSR count). The molecule has 2 aromatic rings. The molecule has 2 heterocycles. The van der Waals surface area contributed by atoms with Crippen LogP contribution in [0.2, 0.25) is 0 Å². The third-order valence-corrected chi connectivity index (χ3v) is 5.28. The van der Waals surface area contributed by atoms with Gasteiger partial charge in [-0.2, -0.15) is 5.10 Å². The largest absolute Gasteiger partial charge is 0.493 e. The Hall–Kier alpha value is -2.09. The number of ether oxygens (including phenoxy) is 2. The Labute approximate surface area is 173 Å². The number of methoxy groups -OCH3 is 1. The Balaban J connectivity index is 1.50. The lowest BCUT2D eigenvalue weighted by Crippen LogP contribution is -2.36. The molecule has 0 aliphatic carbocycles. The molecule has 0 amide bonds. The van der Waals surface area contributed by atoms with Crippen LogP contribution in [0.1, 0.15) is 36.9 Å². The number of nitrogens with one attached hydrogen (secondary N) is 1. The fraction of sp³-hybridized carbons (Fsp3) is 0.591. The maximum Gasteiger partial charge on any atom is 0.161 e. The van der Waals surface area contributed by atoms with Crippen LogP contribution in [0.4, 0.5) is 0 Å². The van der Waals surface area contributed by atoms with Crippen molar-refractivity contribution in [1.29, 1.82) is 0 Å². The molecule has 160 valence electrons. The number of hydrogen-bond donors (Lipinski definition) is 2. The van der Waals surface area contributed by atoms with Crippen molar-refractivity contribution in [3.05, 3.63) is 41.7 Å². The summed E-state index contributed by atoms with van der Waals surface area (Å²) in [6.45, 7) is 4.66. The van der Waals surface area contributed by atoms with Gasteiger partial charge in [-0.05, 0) is 56.7 Å². The smallest absolute Gasteiger partial charge is 0.161 e. The summed E-state index contributed by atoms with van der Waals surface area (Å²) in [6.07, 6.45) is 6.29. The normalized spacial score (nSPS) is 16.6. The minimum atomic E-state index is -0.502. The van der Waals surface area contributed by atoms with Gasteiger partial charge in [0.1, 0.15) is 12.7 Å². The quantitative estimate of drug-likeness (QED) is 0.637. The maximum absolute atomic E-state index is 10.4. The Bertz CT molecular complexity index is 715. The van der Waals surface area contributed by atoms with E-state index in [1.54, 1.807) is 13.3 Å². The first kappa shape index (κ1) is 21.6.